The fraction of sp³-hybridized carbons (Fsp3) is 0.385. The van der Waals surface area contributed by atoms with Crippen molar-refractivity contribution in [2.24, 2.45) is 5.73 Å². The van der Waals surface area contributed by atoms with Crippen LogP contribution in [-0.2, 0) is 12.7 Å². The lowest BCUT2D eigenvalue weighted by atomic mass is 10.1. The molecule has 7 heteroatoms. The molecule has 0 aliphatic rings. The molecule has 0 aliphatic heterocycles. The second-order valence-electron chi connectivity index (χ2n) is 4.51. The summed E-state index contributed by atoms with van der Waals surface area (Å²) in [6.45, 7) is 1.92. The third-order valence-electron chi connectivity index (χ3n) is 3.03. The lowest BCUT2D eigenvalue weighted by Crippen LogP contribution is -2.12. The molecular formula is C13H15F3N4. The quantitative estimate of drug-likeness (QED) is 0.939. The number of halogens is 3. The van der Waals surface area contributed by atoms with E-state index in [9.17, 15) is 13.2 Å². The Labute approximate surface area is 114 Å². The molecule has 1 aromatic heterocycles. The maximum atomic E-state index is 12.9. The smallest absolute Gasteiger partial charge is 0.323 e. The number of aromatic nitrogens is 3. The highest BCUT2D eigenvalue weighted by Gasteiger charge is 2.32. The van der Waals surface area contributed by atoms with Gasteiger partial charge >= 0.3 is 6.18 Å². The van der Waals surface area contributed by atoms with Gasteiger partial charge in [0.15, 0.2) is 0 Å². The van der Waals surface area contributed by atoms with Crippen molar-refractivity contribution >= 4 is 0 Å². The van der Waals surface area contributed by atoms with E-state index in [4.69, 9.17) is 5.73 Å². The number of benzene rings is 1. The van der Waals surface area contributed by atoms with Crippen molar-refractivity contribution in [3.63, 3.8) is 0 Å². The molecule has 0 amide bonds. The summed E-state index contributed by atoms with van der Waals surface area (Å²) in [6, 6.07) is 5.18. The molecule has 2 rings (SSSR count). The summed E-state index contributed by atoms with van der Waals surface area (Å²) in [6.07, 6.45) is -2.10. The summed E-state index contributed by atoms with van der Waals surface area (Å²) in [4.78, 5) is 0. The number of hydrogen-bond donors (Lipinski definition) is 1. The summed E-state index contributed by atoms with van der Waals surface area (Å²) in [5.41, 5.74) is 5.88. The first-order chi connectivity index (χ1) is 9.41. The zero-order valence-electron chi connectivity index (χ0n) is 10.9. The minimum Gasteiger partial charge on any atom is -0.323 e. The van der Waals surface area contributed by atoms with Gasteiger partial charge in [-0.1, -0.05) is 30.3 Å². The van der Waals surface area contributed by atoms with Crippen LogP contribution in [0.25, 0.3) is 0 Å². The van der Waals surface area contributed by atoms with E-state index in [0.717, 1.165) is 6.07 Å². The van der Waals surface area contributed by atoms with Crippen LogP contribution in [0, 0.1) is 0 Å². The molecule has 0 spiro atoms. The van der Waals surface area contributed by atoms with Crippen LogP contribution in [0.15, 0.2) is 30.5 Å². The van der Waals surface area contributed by atoms with Crippen molar-refractivity contribution in [2.45, 2.75) is 32.1 Å². The normalized spacial score (nSPS) is 13.4. The van der Waals surface area contributed by atoms with Crippen molar-refractivity contribution in [1.29, 1.82) is 0 Å². The molecule has 0 saturated heterocycles. The fourth-order valence-electron chi connectivity index (χ4n) is 1.88. The first-order valence-electron chi connectivity index (χ1n) is 6.22. The Balaban J connectivity index is 2.25. The summed E-state index contributed by atoms with van der Waals surface area (Å²) < 4.78 is 40.0. The van der Waals surface area contributed by atoms with Crippen molar-refractivity contribution in [1.82, 2.24) is 15.0 Å². The molecule has 0 saturated carbocycles. The second-order valence-corrected chi connectivity index (χ2v) is 4.51. The minimum absolute atomic E-state index is 0.0130. The van der Waals surface area contributed by atoms with Gasteiger partial charge in [0, 0.05) is 0 Å². The van der Waals surface area contributed by atoms with Crippen molar-refractivity contribution in [2.75, 3.05) is 0 Å². The van der Waals surface area contributed by atoms with E-state index in [-0.39, 0.29) is 18.2 Å². The van der Waals surface area contributed by atoms with Crippen molar-refractivity contribution < 1.29 is 13.2 Å². The summed E-state index contributed by atoms with van der Waals surface area (Å²) in [5, 5.41) is 7.70. The van der Waals surface area contributed by atoms with Crippen LogP contribution in [0.1, 0.15) is 36.2 Å². The molecule has 0 radical (unpaired) electrons. The molecule has 2 N–H and O–H groups in total. The predicted molar refractivity (Wildman–Crippen MR) is 67.8 cm³/mol. The SMILES string of the molecule is CCC(N)c1cn(Cc2ccccc2C(F)(F)F)nn1. The monoisotopic (exact) mass is 284 g/mol. The number of nitrogens with zero attached hydrogens (tertiary/aromatic N) is 3. The van der Waals surface area contributed by atoms with Gasteiger partial charge in [0.05, 0.1) is 30.0 Å². The Kier molecular flexibility index (Phi) is 4.08. The maximum Gasteiger partial charge on any atom is 0.416 e. The van der Waals surface area contributed by atoms with Crippen LogP contribution >= 0.6 is 0 Å². The molecule has 1 heterocycles. The van der Waals surface area contributed by atoms with E-state index in [0.29, 0.717) is 12.1 Å². The zero-order valence-corrected chi connectivity index (χ0v) is 10.9. The Morgan fingerprint density at radius 2 is 2.00 bits per heavy atom. The first kappa shape index (κ1) is 14.5. The molecule has 4 nitrogen and oxygen atoms in total. The van der Waals surface area contributed by atoms with Gasteiger partial charge in [-0.05, 0) is 18.1 Å². The number of alkyl halides is 3. The van der Waals surface area contributed by atoms with Crippen LogP contribution in [0.2, 0.25) is 0 Å². The molecular weight excluding hydrogens is 269 g/mol. The Morgan fingerprint density at radius 3 is 2.65 bits per heavy atom. The van der Waals surface area contributed by atoms with Crippen molar-refractivity contribution in [3.05, 3.63) is 47.3 Å². The maximum absolute atomic E-state index is 12.9. The average Bonchev–Trinajstić information content (AvgIpc) is 2.86. The third kappa shape index (κ3) is 3.16. The third-order valence-corrected chi connectivity index (χ3v) is 3.03. The standard InChI is InChI=1S/C13H15F3N4/c1-2-11(17)12-8-20(19-18-12)7-9-5-3-4-6-10(9)13(14,15)16/h3-6,8,11H,2,7,17H2,1H3. The van der Waals surface area contributed by atoms with Crippen LogP contribution in [0.4, 0.5) is 13.2 Å². The van der Waals surface area contributed by atoms with Gasteiger partial charge in [-0.3, -0.25) is 0 Å². The van der Waals surface area contributed by atoms with Crippen LogP contribution in [-0.4, -0.2) is 15.0 Å². The number of rotatable bonds is 4. The lowest BCUT2D eigenvalue weighted by Gasteiger charge is -2.12. The van der Waals surface area contributed by atoms with Gasteiger partial charge in [-0.25, -0.2) is 4.68 Å². The van der Waals surface area contributed by atoms with E-state index in [2.05, 4.69) is 10.3 Å². The highest BCUT2D eigenvalue weighted by atomic mass is 19.4. The van der Waals surface area contributed by atoms with Gasteiger partial charge in [0.25, 0.3) is 0 Å². The van der Waals surface area contributed by atoms with Crippen molar-refractivity contribution in [3.8, 4) is 0 Å². The molecule has 108 valence electrons. The van der Waals surface area contributed by atoms with Gasteiger partial charge < -0.3 is 5.73 Å². The number of hydrogen-bond acceptors (Lipinski definition) is 3. The molecule has 20 heavy (non-hydrogen) atoms. The van der Waals surface area contributed by atoms with E-state index in [1.807, 2.05) is 6.92 Å². The second kappa shape index (κ2) is 5.62. The fourth-order valence-corrected chi connectivity index (χ4v) is 1.88. The lowest BCUT2D eigenvalue weighted by molar-refractivity contribution is -0.138. The minimum atomic E-state index is -4.38. The topological polar surface area (TPSA) is 56.7 Å². The Morgan fingerprint density at radius 1 is 1.30 bits per heavy atom. The molecule has 1 unspecified atom stereocenters. The molecule has 0 bridgehead atoms. The zero-order chi connectivity index (χ0) is 14.8. The van der Waals surface area contributed by atoms with Gasteiger partial charge in [0.1, 0.15) is 0 Å². The molecule has 2 aromatic rings. The van der Waals surface area contributed by atoms with Gasteiger partial charge in [-0.2, -0.15) is 13.2 Å². The van der Waals surface area contributed by atoms with Crippen LogP contribution < -0.4 is 5.73 Å². The Bertz CT molecular complexity index is 577. The molecule has 0 aliphatic carbocycles. The molecule has 1 aromatic carbocycles. The summed E-state index contributed by atoms with van der Waals surface area (Å²) in [5.74, 6) is 0. The van der Waals surface area contributed by atoms with Gasteiger partial charge in [-0.15, -0.1) is 5.10 Å². The highest BCUT2D eigenvalue weighted by Crippen LogP contribution is 2.32. The summed E-state index contributed by atoms with van der Waals surface area (Å²) >= 11 is 0. The molecule has 1 atom stereocenters. The molecule has 0 fully saturated rings. The largest absolute Gasteiger partial charge is 0.416 e. The van der Waals surface area contributed by atoms with Crippen LogP contribution in [0.3, 0.4) is 0 Å². The van der Waals surface area contributed by atoms with E-state index in [1.165, 1.54) is 16.8 Å². The number of nitrogens with two attached hydrogens (primary N) is 1. The average molecular weight is 284 g/mol. The van der Waals surface area contributed by atoms with Crippen LogP contribution in [0.5, 0.6) is 0 Å². The summed E-state index contributed by atoms with van der Waals surface area (Å²) in [7, 11) is 0. The van der Waals surface area contributed by atoms with Gasteiger partial charge in [0.2, 0.25) is 0 Å². The van der Waals surface area contributed by atoms with E-state index in [1.54, 1.807) is 12.3 Å². The first-order valence-corrected chi connectivity index (χ1v) is 6.22. The van der Waals surface area contributed by atoms with E-state index < -0.39 is 11.7 Å². The van der Waals surface area contributed by atoms with E-state index >= 15 is 0 Å². The predicted octanol–water partition coefficient (Wildman–Crippen LogP) is 2.76. The Hall–Kier alpha value is -1.89. The highest BCUT2D eigenvalue weighted by molar-refractivity contribution is 5.29.